The molecule has 19 heavy (non-hydrogen) atoms. The van der Waals surface area contributed by atoms with Gasteiger partial charge in [0.25, 0.3) is 5.88 Å². The first-order valence-corrected chi connectivity index (χ1v) is 5.53. The molecular formula is C12H11N5O2. The average Bonchev–Trinajstić information content (AvgIpc) is 2.88. The van der Waals surface area contributed by atoms with Crippen LogP contribution in [0.25, 0.3) is 5.65 Å². The molecule has 0 atom stereocenters. The molecule has 7 nitrogen and oxygen atoms in total. The van der Waals surface area contributed by atoms with E-state index in [1.165, 1.54) is 0 Å². The number of aromatic nitrogens is 4. The van der Waals surface area contributed by atoms with Crippen molar-refractivity contribution in [2.24, 2.45) is 0 Å². The zero-order chi connectivity index (χ0) is 13.2. The molecule has 0 aliphatic rings. The summed E-state index contributed by atoms with van der Waals surface area (Å²) >= 11 is 0. The minimum Gasteiger partial charge on any atom is -0.493 e. The Morgan fingerprint density at radius 3 is 3.00 bits per heavy atom. The van der Waals surface area contributed by atoms with Crippen LogP contribution >= 0.6 is 0 Å². The maximum atomic E-state index is 5.74. The lowest BCUT2D eigenvalue weighted by molar-refractivity contribution is 0.375. The number of anilines is 1. The summed E-state index contributed by atoms with van der Waals surface area (Å²) in [5.41, 5.74) is 6.83. The molecule has 0 aliphatic heterocycles. The van der Waals surface area contributed by atoms with Gasteiger partial charge in [-0.3, -0.25) is 4.40 Å². The van der Waals surface area contributed by atoms with E-state index in [-0.39, 0.29) is 0 Å². The molecule has 0 bridgehead atoms. The highest BCUT2D eigenvalue weighted by atomic mass is 16.5. The molecule has 2 N–H and O–H groups in total. The summed E-state index contributed by atoms with van der Waals surface area (Å²) < 4.78 is 12.6. The van der Waals surface area contributed by atoms with Gasteiger partial charge in [-0.15, -0.1) is 10.2 Å². The molecule has 0 unspecified atom stereocenters. The monoisotopic (exact) mass is 257 g/mol. The molecule has 3 aromatic rings. The molecule has 2 heterocycles. The predicted molar refractivity (Wildman–Crippen MR) is 68.3 cm³/mol. The Morgan fingerprint density at radius 2 is 2.16 bits per heavy atom. The number of methoxy groups -OCH3 is 1. The molecule has 1 aromatic carbocycles. The van der Waals surface area contributed by atoms with Crippen LogP contribution in [0, 0.1) is 0 Å². The van der Waals surface area contributed by atoms with Gasteiger partial charge in [-0.2, -0.15) is 0 Å². The average molecular weight is 257 g/mol. The summed E-state index contributed by atoms with van der Waals surface area (Å²) in [6, 6.07) is 5.13. The molecule has 2 aromatic heterocycles. The number of nitrogens with two attached hydrogens (primary N) is 1. The Kier molecular flexibility index (Phi) is 2.64. The third-order valence-electron chi connectivity index (χ3n) is 2.58. The fraction of sp³-hybridized carbons (Fsp3) is 0.0833. The first kappa shape index (κ1) is 11.3. The number of fused-ring (bicyclic) bond motifs is 1. The summed E-state index contributed by atoms with van der Waals surface area (Å²) in [4.78, 5) is 4.14. The smallest absolute Gasteiger partial charge is 0.265 e. The number of ether oxygens (including phenoxy) is 2. The minimum absolute atomic E-state index is 0.337. The van der Waals surface area contributed by atoms with Gasteiger partial charge in [0.15, 0.2) is 11.5 Å². The van der Waals surface area contributed by atoms with Gasteiger partial charge in [-0.1, -0.05) is 0 Å². The number of rotatable bonds is 3. The van der Waals surface area contributed by atoms with E-state index in [4.69, 9.17) is 15.2 Å². The lowest BCUT2D eigenvalue weighted by Gasteiger charge is -2.10. The second-order valence-electron chi connectivity index (χ2n) is 3.81. The Morgan fingerprint density at radius 1 is 1.26 bits per heavy atom. The van der Waals surface area contributed by atoms with Crippen molar-refractivity contribution < 1.29 is 9.47 Å². The lowest BCUT2D eigenvalue weighted by atomic mass is 10.3. The number of benzene rings is 1. The molecule has 7 heteroatoms. The predicted octanol–water partition coefficient (Wildman–Crippen LogP) is 1.51. The van der Waals surface area contributed by atoms with E-state index in [0.29, 0.717) is 28.7 Å². The molecule has 0 spiro atoms. The molecule has 0 saturated heterocycles. The van der Waals surface area contributed by atoms with Gasteiger partial charge in [0.05, 0.1) is 7.11 Å². The maximum absolute atomic E-state index is 5.74. The number of hydrogen-bond donors (Lipinski definition) is 1. The number of nitrogens with zero attached hydrogens (tertiary/aromatic N) is 4. The van der Waals surface area contributed by atoms with Crippen molar-refractivity contribution in [2.75, 3.05) is 12.8 Å². The van der Waals surface area contributed by atoms with E-state index in [0.717, 1.165) is 0 Å². The second kappa shape index (κ2) is 4.45. The molecule has 3 rings (SSSR count). The molecule has 0 saturated carbocycles. The van der Waals surface area contributed by atoms with Crippen molar-refractivity contribution in [1.82, 2.24) is 19.6 Å². The standard InChI is InChI=1S/C12H11N5O2/c1-18-9-3-2-8(13)6-10(9)19-12-11-16-15-7-17(11)5-4-14-12/h2-7H,13H2,1H3. The SMILES string of the molecule is COc1ccc(N)cc1Oc1nccn2cnnc12. The Bertz CT molecular complexity index is 725. The summed E-state index contributed by atoms with van der Waals surface area (Å²) in [7, 11) is 1.56. The first-order valence-electron chi connectivity index (χ1n) is 5.53. The summed E-state index contributed by atoms with van der Waals surface area (Å²) in [5.74, 6) is 1.38. The third-order valence-corrected chi connectivity index (χ3v) is 2.58. The first-order chi connectivity index (χ1) is 9.28. The van der Waals surface area contributed by atoms with Crippen molar-refractivity contribution in [1.29, 1.82) is 0 Å². The third kappa shape index (κ3) is 2.01. The van der Waals surface area contributed by atoms with Crippen LogP contribution in [0.5, 0.6) is 17.4 Å². The topological polar surface area (TPSA) is 87.6 Å². The summed E-state index contributed by atoms with van der Waals surface area (Å²) in [6.07, 6.45) is 4.91. The van der Waals surface area contributed by atoms with Crippen LogP contribution < -0.4 is 15.2 Å². The van der Waals surface area contributed by atoms with Crippen molar-refractivity contribution in [3.63, 3.8) is 0 Å². The van der Waals surface area contributed by atoms with E-state index in [2.05, 4.69) is 15.2 Å². The molecule has 0 aliphatic carbocycles. The van der Waals surface area contributed by atoms with Crippen LogP contribution in [-0.4, -0.2) is 26.7 Å². The number of nitrogen functional groups attached to an aromatic ring is 1. The van der Waals surface area contributed by atoms with Gasteiger partial charge in [0, 0.05) is 24.1 Å². The highest BCUT2D eigenvalue weighted by Gasteiger charge is 2.11. The zero-order valence-corrected chi connectivity index (χ0v) is 10.1. The van der Waals surface area contributed by atoms with Gasteiger partial charge in [-0.05, 0) is 12.1 Å². The zero-order valence-electron chi connectivity index (χ0n) is 10.1. The highest BCUT2D eigenvalue weighted by molar-refractivity contribution is 5.56. The van der Waals surface area contributed by atoms with Crippen LogP contribution in [0.4, 0.5) is 5.69 Å². The number of hydrogen-bond acceptors (Lipinski definition) is 6. The normalized spacial score (nSPS) is 10.6. The molecule has 0 amide bonds. The Labute approximate surface area is 108 Å². The molecule has 0 radical (unpaired) electrons. The van der Waals surface area contributed by atoms with Gasteiger partial charge >= 0.3 is 0 Å². The maximum Gasteiger partial charge on any atom is 0.265 e. The highest BCUT2D eigenvalue weighted by Crippen LogP contribution is 2.33. The van der Waals surface area contributed by atoms with Crippen LogP contribution in [0.3, 0.4) is 0 Å². The van der Waals surface area contributed by atoms with E-state index < -0.39 is 0 Å². The quantitative estimate of drug-likeness (QED) is 0.715. The van der Waals surface area contributed by atoms with Gasteiger partial charge < -0.3 is 15.2 Å². The Hall–Kier alpha value is -2.83. The van der Waals surface area contributed by atoms with Gasteiger partial charge in [0.1, 0.15) is 6.33 Å². The fourth-order valence-corrected chi connectivity index (χ4v) is 1.68. The van der Waals surface area contributed by atoms with Crippen LogP contribution in [0.2, 0.25) is 0 Å². The van der Waals surface area contributed by atoms with Crippen molar-refractivity contribution in [3.05, 3.63) is 36.9 Å². The summed E-state index contributed by atoms with van der Waals surface area (Å²) in [5, 5.41) is 7.75. The van der Waals surface area contributed by atoms with E-state index in [9.17, 15) is 0 Å². The fourth-order valence-electron chi connectivity index (χ4n) is 1.68. The van der Waals surface area contributed by atoms with Gasteiger partial charge in [-0.25, -0.2) is 4.98 Å². The molecular weight excluding hydrogens is 246 g/mol. The van der Waals surface area contributed by atoms with E-state index in [1.54, 1.807) is 48.4 Å². The van der Waals surface area contributed by atoms with Crippen LogP contribution in [-0.2, 0) is 0 Å². The van der Waals surface area contributed by atoms with E-state index in [1.807, 2.05) is 0 Å². The van der Waals surface area contributed by atoms with Crippen molar-refractivity contribution >= 4 is 11.3 Å². The van der Waals surface area contributed by atoms with Gasteiger partial charge in [0.2, 0.25) is 5.65 Å². The van der Waals surface area contributed by atoms with Crippen LogP contribution in [0.1, 0.15) is 0 Å². The van der Waals surface area contributed by atoms with Crippen LogP contribution in [0.15, 0.2) is 36.9 Å². The van der Waals surface area contributed by atoms with Crippen molar-refractivity contribution in [3.8, 4) is 17.4 Å². The summed E-state index contributed by atoms with van der Waals surface area (Å²) in [6.45, 7) is 0. The molecule has 96 valence electrons. The van der Waals surface area contributed by atoms with E-state index >= 15 is 0 Å². The van der Waals surface area contributed by atoms with Crippen molar-refractivity contribution in [2.45, 2.75) is 0 Å². The lowest BCUT2D eigenvalue weighted by Crippen LogP contribution is -1.96. The second-order valence-corrected chi connectivity index (χ2v) is 3.81. The Balaban J connectivity index is 2.05. The molecule has 0 fully saturated rings. The largest absolute Gasteiger partial charge is 0.493 e. The minimum atomic E-state index is 0.337.